The summed E-state index contributed by atoms with van der Waals surface area (Å²) >= 11 is 1.40. The lowest BCUT2D eigenvalue weighted by Gasteiger charge is -2.08. The molecule has 2 N–H and O–H groups in total. The van der Waals surface area contributed by atoms with E-state index in [2.05, 4.69) is 10.3 Å². The van der Waals surface area contributed by atoms with Gasteiger partial charge in [0.15, 0.2) is 5.13 Å². The molecule has 0 aliphatic carbocycles. The van der Waals surface area contributed by atoms with E-state index >= 15 is 0 Å². The number of amides is 1. The number of hydrogen-bond donors (Lipinski definition) is 2. The lowest BCUT2D eigenvalue weighted by Crippen LogP contribution is -2.13. The van der Waals surface area contributed by atoms with Crippen LogP contribution in [0.1, 0.15) is 26.4 Å². The molecule has 0 spiro atoms. The summed E-state index contributed by atoms with van der Waals surface area (Å²) in [4.78, 5) is 27.9. The second kappa shape index (κ2) is 6.32. The number of carbonyl (C=O) groups is 2. The Balaban J connectivity index is 2.25. The number of rotatable bonds is 4. The summed E-state index contributed by atoms with van der Waals surface area (Å²) in [5.74, 6) is -1.28. The van der Waals surface area contributed by atoms with E-state index < -0.39 is 5.97 Å². The lowest BCUT2D eigenvalue weighted by molar-refractivity contribution is -0.131. The van der Waals surface area contributed by atoms with Gasteiger partial charge < -0.3 is 5.11 Å². The maximum absolute atomic E-state index is 12.2. The van der Waals surface area contributed by atoms with E-state index in [4.69, 9.17) is 5.11 Å². The van der Waals surface area contributed by atoms with Gasteiger partial charge >= 0.3 is 5.97 Å². The van der Waals surface area contributed by atoms with Crippen molar-refractivity contribution >= 4 is 34.4 Å². The van der Waals surface area contributed by atoms with Crippen molar-refractivity contribution in [3.63, 3.8) is 0 Å². The van der Waals surface area contributed by atoms with E-state index in [9.17, 15) is 9.59 Å². The van der Waals surface area contributed by atoms with Crippen molar-refractivity contribution in [3.8, 4) is 0 Å². The normalized spacial score (nSPS) is 10.8. The molecule has 1 aromatic heterocycles. The maximum Gasteiger partial charge on any atom is 0.328 e. The number of aromatic nitrogens is 1. The van der Waals surface area contributed by atoms with Gasteiger partial charge in [-0.05, 0) is 37.1 Å². The Labute approximate surface area is 126 Å². The number of anilines is 1. The predicted molar refractivity (Wildman–Crippen MR) is 82.7 cm³/mol. The molecule has 0 aliphatic rings. The molecule has 0 bridgehead atoms. The molecular weight excluding hydrogens is 288 g/mol. The third-order valence-corrected chi connectivity index (χ3v) is 3.70. The van der Waals surface area contributed by atoms with Crippen LogP contribution in [0.4, 0.5) is 5.13 Å². The van der Waals surface area contributed by atoms with Crippen molar-refractivity contribution in [2.75, 3.05) is 5.32 Å². The molecule has 21 heavy (non-hydrogen) atoms. The minimum absolute atomic E-state index is 0.257. The van der Waals surface area contributed by atoms with Gasteiger partial charge in [0, 0.05) is 22.7 Å². The van der Waals surface area contributed by atoms with E-state index in [0.29, 0.717) is 16.3 Å². The van der Waals surface area contributed by atoms with Gasteiger partial charge in [-0.1, -0.05) is 12.1 Å². The molecule has 1 heterocycles. The largest absolute Gasteiger partial charge is 0.478 e. The van der Waals surface area contributed by atoms with E-state index in [-0.39, 0.29) is 5.91 Å². The lowest BCUT2D eigenvalue weighted by atomic mass is 10.0. The summed E-state index contributed by atoms with van der Waals surface area (Å²) in [6.45, 7) is 3.69. The molecule has 0 radical (unpaired) electrons. The average Bonchev–Trinajstić information content (AvgIpc) is 2.82. The van der Waals surface area contributed by atoms with Gasteiger partial charge in [-0.2, -0.15) is 0 Å². The maximum atomic E-state index is 12.2. The molecule has 0 atom stereocenters. The summed E-state index contributed by atoms with van der Waals surface area (Å²) in [6.07, 6.45) is 4.22. The number of hydrogen-bond acceptors (Lipinski definition) is 4. The van der Waals surface area contributed by atoms with E-state index in [1.807, 2.05) is 6.92 Å². The first kappa shape index (κ1) is 14.9. The first-order chi connectivity index (χ1) is 9.97. The third kappa shape index (κ3) is 3.76. The van der Waals surface area contributed by atoms with Gasteiger partial charge in [-0.3, -0.25) is 10.1 Å². The van der Waals surface area contributed by atoms with Crippen LogP contribution in [0.15, 0.2) is 30.5 Å². The van der Waals surface area contributed by atoms with Crippen molar-refractivity contribution in [2.24, 2.45) is 0 Å². The summed E-state index contributed by atoms with van der Waals surface area (Å²) in [5.41, 5.74) is 1.91. The second-order valence-electron chi connectivity index (χ2n) is 4.42. The zero-order valence-electron chi connectivity index (χ0n) is 11.6. The smallest absolute Gasteiger partial charge is 0.328 e. The van der Waals surface area contributed by atoms with Crippen LogP contribution >= 0.6 is 11.3 Å². The number of carboxylic acid groups (broad SMARTS) is 1. The number of nitrogens with one attached hydrogen (secondary N) is 1. The van der Waals surface area contributed by atoms with Crippen LogP contribution in [0.5, 0.6) is 0 Å². The highest BCUT2D eigenvalue weighted by molar-refractivity contribution is 7.15. The zero-order chi connectivity index (χ0) is 15.4. The number of carbonyl (C=O) groups excluding carboxylic acids is 1. The van der Waals surface area contributed by atoms with Crippen molar-refractivity contribution in [1.29, 1.82) is 0 Å². The highest BCUT2D eigenvalue weighted by Crippen LogP contribution is 2.20. The van der Waals surface area contributed by atoms with Crippen molar-refractivity contribution in [2.45, 2.75) is 13.8 Å². The molecule has 5 nitrogen and oxygen atoms in total. The third-order valence-electron chi connectivity index (χ3n) is 2.87. The minimum Gasteiger partial charge on any atom is -0.478 e. The van der Waals surface area contributed by atoms with E-state index in [0.717, 1.165) is 16.5 Å². The van der Waals surface area contributed by atoms with Crippen LogP contribution in [0.25, 0.3) is 6.08 Å². The fraction of sp³-hybridized carbons (Fsp3) is 0.133. The van der Waals surface area contributed by atoms with Crippen LogP contribution in [-0.2, 0) is 4.79 Å². The molecule has 108 valence electrons. The molecule has 0 saturated carbocycles. The Morgan fingerprint density at radius 2 is 2.10 bits per heavy atom. The monoisotopic (exact) mass is 302 g/mol. The molecular formula is C15H14N2O3S. The minimum atomic E-state index is -1.03. The van der Waals surface area contributed by atoms with Crippen molar-refractivity contribution in [3.05, 3.63) is 52.0 Å². The Morgan fingerprint density at radius 3 is 2.71 bits per heavy atom. The number of aryl methyl sites for hydroxylation is 1. The Morgan fingerprint density at radius 1 is 1.33 bits per heavy atom. The quantitative estimate of drug-likeness (QED) is 0.850. The van der Waals surface area contributed by atoms with Gasteiger partial charge in [-0.15, -0.1) is 11.3 Å². The average molecular weight is 302 g/mol. The van der Waals surface area contributed by atoms with E-state index in [1.165, 1.54) is 17.4 Å². The second-order valence-corrected chi connectivity index (χ2v) is 5.66. The summed E-state index contributed by atoms with van der Waals surface area (Å²) in [7, 11) is 0. The van der Waals surface area contributed by atoms with Gasteiger partial charge in [0.2, 0.25) is 0 Å². The molecule has 0 fully saturated rings. The van der Waals surface area contributed by atoms with Gasteiger partial charge in [0.05, 0.1) is 0 Å². The molecule has 0 aliphatic heterocycles. The fourth-order valence-corrected chi connectivity index (χ4v) is 2.48. The van der Waals surface area contributed by atoms with Crippen molar-refractivity contribution < 1.29 is 14.7 Å². The fourth-order valence-electron chi connectivity index (χ4n) is 1.82. The standard InChI is InChI=1S/C15H14N2O3S/c1-9-8-16-15(21-9)17-14(20)12-5-3-4-11(10(12)2)6-7-13(18)19/h3-8H,1-2H3,(H,18,19)(H,16,17,20). The van der Waals surface area contributed by atoms with Gasteiger partial charge in [-0.25, -0.2) is 9.78 Å². The number of benzene rings is 1. The van der Waals surface area contributed by atoms with Crippen LogP contribution in [0, 0.1) is 13.8 Å². The van der Waals surface area contributed by atoms with Gasteiger partial charge in [0.25, 0.3) is 5.91 Å². The first-order valence-corrected chi connectivity index (χ1v) is 7.03. The highest BCUT2D eigenvalue weighted by Gasteiger charge is 2.12. The number of carboxylic acids is 1. The predicted octanol–water partition coefficient (Wildman–Crippen LogP) is 3.11. The number of aliphatic carboxylic acids is 1. The highest BCUT2D eigenvalue weighted by atomic mass is 32.1. The van der Waals surface area contributed by atoms with Gasteiger partial charge in [0.1, 0.15) is 0 Å². The Bertz CT molecular complexity index is 719. The molecule has 0 unspecified atom stereocenters. The molecule has 2 rings (SSSR count). The molecule has 1 aromatic carbocycles. The first-order valence-electron chi connectivity index (χ1n) is 6.22. The van der Waals surface area contributed by atoms with Crippen molar-refractivity contribution in [1.82, 2.24) is 4.98 Å². The van der Waals surface area contributed by atoms with Crippen LogP contribution in [-0.4, -0.2) is 22.0 Å². The molecule has 1 amide bonds. The van der Waals surface area contributed by atoms with Crippen LogP contribution in [0.3, 0.4) is 0 Å². The summed E-state index contributed by atoms with van der Waals surface area (Å²) in [5, 5.41) is 12.0. The zero-order valence-corrected chi connectivity index (χ0v) is 12.4. The molecule has 2 aromatic rings. The Hall–Kier alpha value is -2.47. The topological polar surface area (TPSA) is 79.3 Å². The molecule has 0 saturated heterocycles. The van der Waals surface area contributed by atoms with E-state index in [1.54, 1.807) is 31.3 Å². The van der Waals surface area contributed by atoms with Crippen LogP contribution in [0.2, 0.25) is 0 Å². The molecule has 6 heteroatoms. The number of thiazole rings is 1. The summed E-state index contributed by atoms with van der Waals surface area (Å²) in [6, 6.07) is 5.18. The Kier molecular flexibility index (Phi) is 4.49. The summed E-state index contributed by atoms with van der Waals surface area (Å²) < 4.78 is 0. The number of nitrogens with zero attached hydrogens (tertiary/aromatic N) is 1. The SMILES string of the molecule is Cc1cnc(NC(=O)c2cccc(C=CC(=O)O)c2C)s1. The van der Waals surface area contributed by atoms with Crippen LogP contribution < -0.4 is 5.32 Å².